The number of aromatic nitrogens is 2. The van der Waals surface area contributed by atoms with Crippen molar-refractivity contribution in [3.8, 4) is 0 Å². The molecule has 0 unspecified atom stereocenters. The summed E-state index contributed by atoms with van der Waals surface area (Å²) in [4.78, 5) is 28.6. The summed E-state index contributed by atoms with van der Waals surface area (Å²) in [5.74, 6) is 0.477. The van der Waals surface area contributed by atoms with Gasteiger partial charge in [-0.15, -0.1) is 0 Å². The highest BCUT2D eigenvalue weighted by atomic mass is 16.3. The molecule has 3 aromatic rings. The molecule has 3 rings (SSSR count). The minimum atomic E-state index is -0.211. The zero-order chi connectivity index (χ0) is 16.4. The molecule has 23 heavy (non-hydrogen) atoms. The number of amides is 1. The Morgan fingerprint density at radius 3 is 2.87 bits per heavy atom. The third-order valence-corrected chi connectivity index (χ3v) is 3.69. The number of nitrogens with zero attached hydrogens (tertiary/aromatic N) is 2. The molecule has 0 saturated carbocycles. The Hall–Kier alpha value is -2.89. The number of fused-ring (bicyclic) bond motifs is 1. The molecule has 0 aliphatic heterocycles. The van der Waals surface area contributed by atoms with Gasteiger partial charge in [-0.05, 0) is 44.2 Å². The predicted octanol–water partition coefficient (Wildman–Crippen LogP) is 2.25. The van der Waals surface area contributed by atoms with Gasteiger partial charge in [0.1, 0.15) is 11.5 Å². The van der Waals surface area contributed by atoms with Gasteiger partial charge < -0.3 is 14.3 Å². The summed E-state index contributed by atoms with van der Waals surface area (Å²) in [6, 6.07) is 8.72. The average Bonchev–Trinajstić information content (AvgIpc) is 3.07. The topological polar surface area (TPSA) is 77.1 Å². The minimum Gasteiger partial charge on any atom is -0.467 e. The van der Waals surface area contributed by atoms with Gasteiger partial charge in [0.05, 0.1) is 23.8 Å². The van der Waals surface area contributed by atoms with E-state index in [2.05, 4.69) is 10.3 Å². The quantitative estimate of drug-likeness (QED) is 0.801. The molecule has 0 spiro atoms. The second-order valence-electron chi connectivity index (χ2n) is 5.21. The molecule has 2 heterocycles. The lowest BCUT2D eigenvalue weighted by molar-refractivity contribution is 0.0948. The molecule has 0 aliphatic carbocycles. The molecule has 0 saturated heterocycles. The molecular formula is C17H17N3O3. The Morgan fingerprint density at radius 2 is 2.17 bits per heavy atom. The van der Waals surface area contributed by atoms with Gasteiger partial charge in [0.25, 0.3) is 11.5 Å². The lowest BCUT2D eigenvalue weighted by Crippen LogP contribution is -2.25. The van der Waals surface area contributed by atoms with E-state index in [0.29, 0.717) is 35.6 Å². The highest BCUT2D eigenvalue weighted by Crippen LogP contribution is 2.13. The Morgan fingerprint density at radius 1 is 1.35 bits per heavy atom. The van der Waals surface area contributed by atoms with Gasteiger partial charge in [-0.1, -0.05) is 0 Å². The van der Waals surface area contributed by atoms with Gasteiger partial charge in [0, 0.05) is 12.1 Å². The van der Waals surface area contributed by atoms with E-state index in [1.165, 1.54) is 0 Å². The van der Waals surface area contributed by atoms with Crippen LogP contribution < -0.4 is 10.9 Å². The van der Waals surface area contributed by atoms with Crippen molar-refractivity contribution in [2.45, 2.75) is 26.9 Å². The van der Waals surface area contributed by atoms with Crippen LogP contribution in [0.3, 0.4) is 0 Å². The summed E-state index contributed by atoms with van der Waals surface area (Å²) in [6.07, 6.45) is 1.56. The molecular weight excluding hydrogens is 294 g/mol. The van der Waals surface area contributed by atoms with Crippen LogP contribution in [0.1, 0.15) is 28.7 Å². The van der Waals surface area contributed by atoms with Gasteiger partial charge in [0.15, 0.2) is 0 Å². The molecule has 0 radical (unpaired) electrons. The van der Waals surface area contributed by atoms with Gasteiger partial charge in [-0.2, -0.15) is 0 Å². The van der Waals surface area contributed by atoms with Gasteiger partial charge in [-0.3, -0.25) is 9.59 Å². The van der Waals surface area contributed by atoms with Crippen LogP contribution >= 0.6 is 0 Å². The monoisotopic (exact) mass is 311 g/mol. The first-order valence-corrected chi connectivity index (χ1v) is 7.42. The summed E-state index contributed by atoms with van der Waals surface area (Å²) < 4.78 is 6.84. The fourth-order valence-corrected chi connectivity index (χ4v) is 2.51. The number of hydrogen-bond donors (Lipinski definition) is 1. The van der Waals surface area contributed by atoms with E-state index >= 15 is 0 Å². The third-order valence-electron chi connectivity index (χ3n) is 3.69. The van der Waals surface area contributed by atoms with E-state index in [1.54, 1.807) is 48.1 Å². The van der Waals surface area contributed by atoms with E-state index < -0.39 is 0 Å². The Kier molecular flexibility index (Phi) is 3.97. The standard InChI is InChI=1S/C17H17N3O3/c1-3-20-15-7-6-12(9-14(15)19-11(2)17(20)22)16(21)18-10-13-5-4-8-23-13/h4-9H,3,10H2,1-2H3,(H,18,21). The zero-order valence-corrected chi connectivity index (χ0v) is 13.0. The average molecular weight is 311 g/mol. The van der Waals surface area contributed by atoms with E-state index in [-0.39, 0.29) is 11.5 Å². The van der Waals surface area contributed by atoms with E-state index in [0.717, 1.165) is 5.52 Å². The smallest absolute Gasteiger partial charge is 0.272 e. The summed E-state index contributed by atoms with van der Waals surface area (Å²) in [7, 11) is 0. The van der Waals surface area contributed by atoms with Crippen molar-refractivity contribution in [2.24, 2.45) is 0 Å². The maximum Gasteiger partial charge on any atom is 0.272 e. The summed E-state index contributed by atoms with van der Waals surface area (Å²) in [5, 5.41) is 2.79. The maximum absolute atomic E-state index is 12.2. The lowest BCUT2D eigenvalue weighted by Gasteiger charge is -2.10. The van der Waals surface area contributed by atoms with Crippen molar-refractivity contribution in [1.29, 1.82) is 0 Å². The van der Waals surface area contributed by atoms with Crippen LogP contribution in [-0.4, -0.2) is 15.5 Å². The summed E-state index contributed by atoms with van der Waals surface area (Å²) in [6.45, 7) is 4.47. The van der Waals surface area contributed by atoms with Crippen molar-refractivity contribution < 1.29 is 9.21 Å². The molecule has 0 aliphatic rings. The van der Waals surface area contributed by atoms with Crippen molar-refractivity contribution in [2.75, 3.05) is 0 Å². The van der Waals surface area contributed by atoms with Crippen LogP contribution in [0.5, 0.6) is 0 Å². The number of carbonyl (C=O) groups excluding carboxylic acids is 1. The second-order valence-corrected chi connectivity index (χ2v) is 5.21. The Labute approximate surface area is 132 Å². The number of rotatable bonds is 4. The van der Waals surface area contributed by atoms with Crippen LogP contribution in [0.15, 0.2) is 45.8 Å². The van der Waals surface area contributed by atoms with E-state index in [4.69, 9.17) is 4.42 Å². The molecule has 6 nitrogen and oxygen atoms in total. The molecule has 0 fully saturated rings. The zero-order valence-electron chi connectivity index (χ0n) is 13.0. The van der Waals surface area contributed by atoms with E-state index in [9.17, 15) is 9.59 Å². The molecule has 0 atom stereocenters. The minimum absolute atomic E-state index is 0.102. The third kappa shape index (κ3) is 2.88. The number of hydrogen-bond acceptors (Lipinski definition) is 4. The second kappa shape index (κ2) is 6.08. The van der Waals surface area contributed by atoms with Gasteiger partial charge in [0.2, 0.25) is 0 Å². The number of carbonyl (C=O) groups is 1. The maximum atomic E-state index is 12.2. The highest BCUT2D eigenvalue weighted by molar-refractivity contribution is 5.97. The first-order chi connectivity index (χ1) is 11.1. The molecule has 1 N–H and O–H groups in total. The van der Waals surface area contributed by atoms with Crippen molar-refractivity contribution in [3.63, 3.8) is 0 Å². The SMILES string of the molecule is CCn1c(=O)c(C)nc2cc(C(=O)NCc3ccco3)ccc21. The Bertz CT molecular complexity index is 911. The molecule has 0 bridgehead atoms. The van der Waals surface area contributed by atoms with Crippen molar-refractivity contribution in [3.05, 3.63) is 64.0 Å². The molecule has 1 aromatic carbocycles. The van der Waals surface area contributed by atoms with Crippen molar-refractivity contribution >= 4 is 16.9 Å². The van der Waals surface area contributed by atoms with Crippen LogP contribution in [0.2, 0.25) is 0 Å². The number of furan rings is 1. The normalized spacial score (nSPS) is 10.9. The van der Waals surface area contributed by atoms with Crippen LogP contribution in [0.4, 0.5) is 0 Å². The number of nitrogens with one attached hydrogen (secondary N) is 1. The summed E-state index contributed by atoms with van der Waals surface area (Å²) in [5.41, 5.74) is 2.18. The largest absolute Gasteiger partial charge is 0.467 e. The molecule has 2 aromatic heterocycles. The van der Waals surface area contributed by atoms with Crippen LogP contribution in [0, 0.1) is 6.92 Å². The van der Waals surface area contributed by atoms with Crippen molar-refractivity contribution in [1.82, 2.24) is 14.9 Å². The van der Waals surface area contributed by atoms with Crippen LogP contribution in [0.25, 0.3) is 11.0 Å². The highest BCUT2D eigenvalue weighted by Gasteiger charge is 2.11. The first-order valence-electron chi connectivity index (χ1n) is 7.42. The fraction of sp³-hybridized carbons (Fsp3) is 0.235. The first kappa shape index (κ1) is 15.0. The van der Waals surface area contributed by atoms with Gasteiger partial charge in [-0.25, -0.2) is 4.98 Å². The predicted molar refractivity (Wildman–Crippen MR) is 86.3 cm³/mol. The molecule has 118 valence electrons. The molecule has 1 amide bonds. The van der Waals surface area contributed by atoms with E-state index in [1.807, 2.05) is 6.92 Å². The number of aryl methyl sites for hydroxylation is 2. The fourth-order valence-electron chi connectivity index (χ4n) is 2.51. The Balaban J connectivity index is 1.92. The molecule has 6 heteroatoms. The van der Waals surface area contributed by atoms with Crippen LogP contribution in [-0.2, 0) is 13.1 Å². The summed E-state index contributed by atoms with van der Waals surface area (Å²) >= 11 is 0. The van der Waals surface area contributed by atoms with Gasteiger partial charge >= 0.3 is 0 Å². The number of benzene rings is 1. The lowest BCUT2D eigenvalue weighted by atomic mass is 10.1.